The van der Waals surface area contributed by atoms with Gasteiger partial charge >= 0.3 is 0 Å². The van der Waals surface area contributed by atoms with Gasteiger partial charge in [0.1, 0.15) is 5.75 Å². The molecule has 3 heterocycles. The van der Waals surface area contributed by atoms with Crippen molar-refractivity contribution >= 4 is 28.6 Å². The molecule has 1 fully saturated rings. The van der Waals surface area contributed by atoms with Crippen LogP contribution in [0.3, 0.4) is 0 Å². The molecule has 4 aromatic rings. The molecule has 0 unspecified atom stereocenters. The predicted molar refractivity (Wildman–Crippen MR) is 138 cm³/mol. The van der Waals surface area contributed by atoms with E-state index in [1.54, 1.807) is 19.6 Å². The van der Waals surface area contributed by atoms with Crippen molar-refractivity contribution in [2.24, 2.45) is 0 Å². The van der Waals surface area contributed by atoms with Crippen LogP contribution in [-0.4, -0.2) is 52.7 Å². The number of carbonyl (C=O) groups excluding carboxylic acids is 1. The fraction of sp³-hybridized carbons (Fsp3) is 0.286. The van der Waals surface area contributed by atoms with Gasteiger partial charge in [-0.25, -0.2) is 0 Å². The van der Waals surface area contributed by atoms with Crippen molar-refractivity contribution in [2.45, 2.75) is 35.7 Å². The Balaban J connectivity index is 1.37. The molecule has 35 heavy (non-hydrogen) atoms. The Morgan fingerprint density at radius 2 is 2.00 bits per heavy atom. The molecular formula is C28H29N3O3S. The Kier molecular flexibility index (Phi) is 7.06. The maximum absolute atomic E-state index is 13.6. The number of hydrogen-bond donors (Lipinski definition) is 0. The van der Waals surface area contributed by atoms with E-state index in [4.69, 9.17) is 9.15 Å². The molecule has 0 saturated carbocycles. The smallest absolute Gasteiger partial charge is 0.240 e. The Labute approximate surface area is 209 Å². The first kappa shape index (κ1) is 23.5. The molecule has 0 spiro atoms. The molecule has 1 amide bonds. The number of rotatable bonds is 8. The van der Waals surface area contributed by atoms with Crippen LogP contribution in [0.2, 0.25) is 0 Å². The van der Waals surface area contributed by atoms with E-state index in [0.717, 1.165) is 35.2 Å². The van der Waals surface area contributed by atoms with E-state index in [2.05, 4.69) is 34.1 Å². The third kappa shape index (κ3) is 5.36. The highest BCUT2D eigenvalue weighted by molar-refractivity contribution is 8.00. The summed E-state index contributed by atoms with van der Waals surface area (Å²) in [4.78, 5) is 23.5. The molecular weight excluding hydrogens is 458 g/mol. The zero-order valence-corrected chi connectivity index (χ0v) is 20.8. The van der Waals surface area contributed by atoms with Crippen molar-refractivity contribution in [1.82, 2.24) is 14.8 Å². The SMILES string of the molecule is COc1ccc(S[C@@H]2C[C@@H](C(=O)N(C)Cc3ccoc3)N(Cc3ccnc4ccccc34)C2)cc1. The van der Waals surface area contributed by atoms with Crippen molar-refractivity contribution in [3.8, 4) is 5.75 Å². The third-order valence-corrected chi connectivity index (χ3v) is 7.72. The van der Waals surface area contributed by atoms with E-state index >= 15 is 0 Å². The van der Waals surface area contributed by atoms with Crippen LogP contribution in [-0.2, 0) is 17.9 Å². The summed E-state index contributed by atoms with van der Waals surface area (Å²) in [6, 6.07) is 20.1. The summed E-state index contributed by atoms with van der Waals surface area (Å²) in [5, 5.41) is 1.45. The van der Waals surface area contributed by atoms with E-state index in [9.17, 15) is 4.79 Å². The van der Waals surface area contributed by atoms with Gasteiger partial charge in [-0.15, -0.1) is 11.8 Å². The fourth-order valence-corrected chi connectivity index (χ4v) is 5.95. The zero-order chi connectivity index (χ0) is 24.2. The van der Waals surface area contributed by atoms with Crippen LogP contribution in [0.25, 0.3) is 10.9 Å². The molecule has 5 rings (SSSR count). The second-order valence-corrected chi connectivity index (χ2v) is 10.3. The lowest BCUT2D eigenvalue weighted by molar-refractivity contribution is -0.135. The van der Waals surface area contributed by atoms with Gasteiger partial charge in [0.2, 0.25) is 5.91 Å². The van der Waals surface area contributed by atoms with Gasteiger partial charge in [-0.05, 0) is 54.4 Å². The van der Waals surface area contributed by atoms with Gasteiger partial charge < -0.3 is 14.1 Å². The molecule has 180 valence electrons. The molecule has 2 aromatic heterocycles. The van der Waals surface area contributed by atoms with E-state index in [1.807, 2.05) is 66.3 Å². The fourth-order valence-electron chi connectivity index (χ4n) is 4.73. The van der Waals surface area contributed by atoms with Crippen LogP contribution in [0.15, 0.2) is 88.7 Å². The highest BCUT2D eigenvalue weighted by atomic mass is 32.2. The number of amides is 1. The van der Waals surface area contributed by atoms with Crippen LogP contribution in [0.5, 0.6) is 5.75 Å². The molecule has 2 atom stereocenters. The maximum atomic E-state index is 13.6. The van der Waals surface area contributed by atoms with Gasteiger partial charge in [0.25, 0.3) is 0 Å². The van der Waals surface area contributed by atoms with Crippen molar-refractivity contribution < 1.29 is 13.9 Å². The number of thioether (sulfide) groups is 1. The minimum Gasteiger partial charge on any atom is -0.497 e. The number of nitrogens with zero attached hydrogens (tertiary/aromatic N) is 3. The number of likely N-dealkylation sites (N-methyl/N-ethyl adjacent to an activating group) is 1. The normalized spacial score (nSPS) is 18.1. The number of pyridine rings is 1. The lowest BCUT2D eigenvalue weighted by atomic mass is 10.1. The lowest BCUT2D eigenvalue weighted by Crippen LogP contribution is -2.43. The number of carbonyl (C=O) groups is 1. The summed E-state index contributed by atoms with van der Waals surface area (Å²) >= 11 is 1.83. The lowest BCUT2D eigenvalue weighted by Gasteiger charge is -2.28. The Hall–Kier alpha value is -3.29. The van der Waals surface area contributed by atoms with E-state index < -0.39 is 0 Å². The highest BCUT2D eigenvalue weighted by Gasteiger charge is 2.38. The van der Waals surface area contributed by atoms with Crippen molar-refractivity contribution in [2.75, 3.05) is 20.7 Å². The van der Waals surface area contributed by atoms with E-state index in [0.29, 0.717) is 18.3 Å². The van der Waals surface area contributed by atoms with Gasteiger partial charge in [-0.2, -0.15) is 0 Å². The van der Waals surface area contributed by atoms with Crippen molar-refractivity contribution in [3.05, 3.63) is 90.5 Å². The molecule has 1 aliphatic heterocycles. The average molecular weight is 488 g/mol. The summed E-state index contributed by atoms with van der Waals surface area (Å²) in [5.41, 5.74) is 3.17. The van der Waals surface area contributed by atoms with Crippen LogP contribution in [0.4, 0.5) is 0 Å². The standard InChI is InChI=1S/C28H29N3O3S/c1-30(16-20-12-14-34-19-20)28(32)27-15-24(35-23-9-7-22(33-2)8-10-23)18-31(27)17-21-11-13-29-26-6-4-3-5-25(21)26/h3-14,19,24,27H,15-18H2,1-2H3/t24-,27+/m1/s1. The van der Waals surface area contributed by atoms with Crippen LogP contribution in [0, 0.1) is 0 Å². The summed E-state index contributed by atoms with van der Waals surface area (Å²) in [7, 11) is 3.55. The summed E-state index contributed by atoms with van der Waals surface area (Å²) in [6.07, 6.45) is 6.00. The first-order valence-corrected chi connectivity index (χ1v) is 12.6. The van der Waals surface area contributed by atoms with Gasteiger partial charge in [-0.3, -0.25) is 14.7 Å². The molecule has 1 aliphatic rings. The second kappa shape index (κ2) is 10.5. The maximum Gasteiger partial charge on any atom is 0.240 e. The van der Waals surface area contributed by atoms with E-state index in [-0.39, 0.29) is 11.9 Å². The quantitative estimate of drug-likeness (QED) is 0.339. The Morgan fingerprint density at radius 1 is 1.17 bits per heavy atom. The summed E-state index contributed by atoms with van der Waals surface area (Å²) in [6.45, 7) is 2.08. The summed E-state index contributed by atoms with van der Waals surface area (Å²) < 4.78 is 10.5. The first-order chi connectivity index (χ1) is 17.1. The number of likely N-dealkylation sites (tertiary alicyclic amines) is 1. The number of methoxy groups -OCH3 is 1. The molecule has 7 heteroatoms. The van der Waals surface area contributed by atoms with Gasteiger partial charge in [0, 0.05) is 54.0 Å². The molecule has 6 nitrogen and oxygen atoms in total. The monoisotopic (exact) mass is 487 g/mol. The Morgan fingerprint density at radius 3 is 2.77 bits per heavy atom. The van der Waals surface area contributed by atoms with Crippen LogP contribution in [0.1, 0.15) is 17.5 Å². The molecule has 0 aliphatic carbocycles. The largest absolute Gasteiger partial charge is 0.497 e. The van der Waals surface area contributed by atoms with Gasteiger partial charge in [0.05, 0.1) is 31.2 Å². The number of hydrogen-bond acceptors (Lipinski definition) is 6. The third-order valence-electron chi connectivity index (χ3n) is 6.50. The van der Waals surface area contributed by atoms with Crippen LogP contribution >= 0.6 is 11.8 Å². The van der Waals surface area contributed by atoms with Gasteiger partial charge in [0.15, 0.2) is 0 Å². The average Bonchev–Trinajstić information content (AvgIpc) is 3.54. The highest BCUT2D eigenvalue weighted by Crippen LogP contribution is 2.35. The number of ether oxygens (including phenoxy) is 1. The topological polar surface area (TPSA) is 58.8 Å². The Bertz CT molecular complexity index is 1270. The molecule has 0 radical (unpaired) electrons. The van der Waals surface area contributed by atoms with E-state index in [1.165, 1.54) is 10.5 Å². The van der Waals surface area contributed by atoms with Crippen LogP contribution < -0.4 is 4.74 Å². The number of para-hydroxylation sites is 1. The molecule has 1 saturated heterocycles. The zero-order valence-electron chi connectivity index (χ0n) is 20.0. The second-order valence-electron chi connectivity index (χ2n) is 8.91. The number of benzene rings is 2. The van der Waals surface area contributed by atoms with Crippen molar-refractivity contribution in [3.63, 3.8) is 0 Å². The number of furan rings is 1. The van der Waals surface area contributed by atoms with Gasteiger partial charge in [-0.1, -0.05) is 18.2 Å². The number of aromatic nitrogens is 1. The van der Waals surface area contributed by atoms with Crippen molar-refractivity contribution in [1.29, 1.82) is 0 Å². The predicted octanol–water partition coefficient (Wildman–Crippen LogP) is 5.23. The molecule has 2 aromatic carbocycles. The summed E-state index contributed by atoms with van der Waals surface area (Å²) in [5.74, 6) is 0.989. The molecule has 0 bridgehead atoms. The molecule has 0 N–H and O–H groups in total. The first-order valence-electron chi connectivity index (χ1n) is 11.7. The minimum atomic E-state index is -0.186. The minimum absolute atomic E-state index is 0.141. The number of fused-ring (bicyclic) bond motifs is 1.